The fourth-order valence-electron chi connectivity index (χ4n) is 2.84. The monoisotopic (exact) mass is 416 g/mol. The van der Waals surface area contributed by atoms with Crippen molar-refractivity contribution in [2.24, 2.45) is 0 Å². The number of nitrogens with zero attached hydrogens (tertiary/aromatic N) is 2. The maximum atomic E-state index is 13.0. The predicted octanol–water partition coefficient (Wildman–Crippen LogP) is 3.66. The SMILES string of the molecule is CCN(Oc1ccc(-c2cocn2)c(C)c1)S(=O)(=O)c1ccc(C)c(C(=O)O)c1. The van der Waals surface area contributed by atoms with E-state index in [2.05, 4.69) is 4.98 Å². The van der Waals surface area contributed by atoms with Crippen molar-refractivity contribution in [3.8, 4) is 17.0 Å². The molecule has 0 saturated carbocycles. The lowest BCUT2D eigenvalue weighted by atomic mass is 10.1. The van der Waals surface area contributed by atoms with E-state index in [1.807, 2.05) is 6.92 Å². The Morgan fingerprint density at radius 2 is 1.93 bits per heavy atom. The van der Waals surface area contributed by atoms with Gasteiger partial charge in [-0.15, -0.1) is 0 Å². The molecule has 0 spiro atoms. The van der Waals surface area contributed by atoms with Gasteiger partial charge in [0, 0.05) is 12.1 Å². The molecule has 1 heterocycles. The van der Waals surface area contributed by atoms with Gasteiger partial charge < -0.3 is 14.4 Å². The van der Waals surface area contributed by atoms with Gasteiger partial charge in [0.2, 0.25) is 0 Å². The lowest BCUT2D eigenvalue weighted by Crippen LogP contribution is -2.34. The lowest BCUT2D eigenvalue weighted by molar-refractivity contribution is 0.0415. The molecule has 1 N–H and O–H groups in total. The molecule has 152 valence electrons. The van der Waals surface area contributed by atoms with Gasteiger partial charge in [0.05, 0.1) is 10.5 Å². The van der Waals surface area contributed by atoms with Crippen LogP contribution in [-0.2, 0) is 10.0 Å². The number of aromatic carboxylic acids is 1. The quantitative estimate of drug-likeness (QED) is 0.585. The second kappa shape index (κ2) is 8.06. The summed E-state index contributed by atoms with van der Waals surface area (Å²) in [6.45, 7) is 5.11. The van der Waals surface area contributed by atoms with Crippen molar-refractivity contribution >= 4 is 16.0 Å². The zero-order chi connectivity index (χ0) is 21.2. The molecule has 1 aromatic heterocycles. The van der Waals surface area contributed by atoms with Crippen molar-refractivity contribution in [2.75, 3.05) is 6.54 Å². The first kappa shape index (κ1) is 20.6. The maximum absolute atomic E-state index is 13.0. The van der Waals surface area contributed by atoms with Crippen LogP contribution in [-0.4, -0.2) is 35.5 Å². The van der Waals surface area contributed by atoms with Crippen LogP contribution in [0.4, 0.5) is 0 Å². The highest BCUT2D eigenvalue weighted by Gasteiger charge is 2.27. The minimum atomic E-state index is -4.07. The van der Waals surface area contributed by atoms with Crippen LogP contribution < -0.4 is 4.84 Å². The van der Waals surface area contributed by atoms with Gasteiger partial charge in [0.15, 0.2) is 6.39 Å². The van der Waals surface area contributed by atoms with Gasteiger partial charge in [-0.05, 0) is 66.7 Å². The smallest absolute Gasteiger partial charge is 0.335 e. The molecule has 0 fully saturated rings. The van der Waals surface area contributed by atoms with Gasteiger partial charge in [-0.1, -0.05) is 6.07 Å². The van der Waals surface area contributed by atoms with Crippen LogP contribution in [0.3, 0.4) is 0 Å². The molecule has 0 aliphatic heterocycles. The van der Waals surface area contributed by atoms with Crippen molar-refractivity contribution in [3.05, 3.63) is 65.7 Å². The zero-order valence-corrected chi connectivity index (χ0v) is 16.9. The summed E-state index contributed by atoms with van der Waals surface area (Å²) in [5, 5.41) is 9.27. The highest BCUT2D eigenvalue weighted by atomic mass is 32.2. The Morgan fingerprint density at radius 1 is 1.17 bits per heavy atom. The van der Waals surface area contributed by atoms with Crippen LogP contribution in [0, 0.1) is 13.8 Å². The summed E-state index contributed by atoms with van der Waals surface area (Å²) >= 11 is 0. The van der Waals surface area contributed by atoms with E-state index in [4.69, 9.17) is 9.25 Å². The minimum absolute atomic E-state index is 0.0305. The molecule has 0 aliphatic carbocycles. The standard InChI is InChI=1S/C20H20N2O6S/c1-4-22(29(25,26)16-7-5-13(2)18(10-16)20(23)24)28-15-6-8-17(14(3)9-15)19-11-27-12-21-19/h5-12H,4H2,1-3H3,(H,23,24). The van der Waals surface area contributed by atoms with E-state index in [0.29, 0.717) is 17.0 Å². The Hall–Kier alpha value is -3.17. The van der Waals surface area contributed by atoms with Gasteiger partial charge in [-0.25, -0.2) is 18.2 Å². The minimum Gasteiger partial charge on any atom is -0.478 e. The van der Waals surface area contributed by atoms with Crippen molar-refractivity contribution in [2.45, 2.75) is 25.7 Å². The summed E-state index contributed by atoms with van der Waals surface area (Å²) in [5.74, 6) is -0.867. The lowest BCUT2D eigenvalue weighted by Gasteiger charge is -2.21. The van der Waals surface area contributed by atoms with Crippen LogP contribution >= 0.6 is 0 Å². The third kappa shape index (κ3) is 4.15. The molecule has 0 aliphatic rings. The Morgan fingerprint density at radius 3 is 2.52 bits per heavy atom. The second-order valence-corrected chi connectivity index (χ2v) is 8.18. The van der Waals surface area contributed by atoms with Crippen LogP contribution in [0.15, 0.2) is 58.4 Å². The maximum Gasteiger partial charge on any atom is 0.335 e. The number of aromatic nitrogens is 1. The van der Waals surface area contributed by atoms with E-state index in [1.165, 1.54) is 24.8 Å². The van der Waals surface area contributed by atoms with Crippen LogP contribution in [0.2, 0.25) is 0 Å². The third-order valence-electron chi connectivity index (χ3n) is 4.38. The molecule has 2 aromatic carbocycles. The molecule has 29 heavy (non-hydrogen) atoms. The van der Waals surface area contributed by atoms with Crippen molar-refractivity contribution < 1.29 is 27.6 Å². The number of hydroxylamine groups is 1. The van der Waals surface area contributed by atoms with E-state index in [-0.39, 0.29) is 17.0 Å². The Labute approximate surface area is 168 Å². The fraction of sp³-hybridized carbons (Fsp3) is 0.200. The summed E-state index contributed by atoms with van der Waals surface area (Å²) < 4.78 is 31.8. The molecule has 0 saturated heterocycles. The number of benzene rings is 2. The van der Waals surface area contributed by atoms with E-state index in [1.54, 1.807) is 32.0 Å². The Kier molecular flexibility index (Phi) is 5.71. The molecule has 0 unspecified atom stereocenters. The molecule has 3 rings (SSSR count). The highest BCUT2D eigenvalue weighted by Crippen LogP contribution is 2.27. The molecule has 3 aromatic rings. The van der Waals surface area contributed by atoms with Crippen molar-refractivity contribution in [1.29, 1.82) is 0 Å². The number of carboxylic acid groups (broad SMARTS) is 1. The van der Waals surface area contributed by atoms with Crippen molar-refractivity contribution in [1.82, 2.24) is 9.45 Å². The van der Waals surface area contributed by atoms with E-state index >= 15 is 0 Å². The number of aryl methyl sites for hydroxylation is 2. The number of rotatable bonds is 7. The molecule has 0 bridgehead atoms. The number of hydrogen-bond donors (Lipinski definition) is 1. The van der Waals surface area contributed by atoms with Gasteiger partial charge in [0.25, 0.3) is 10.0 Å². The zero-order valence-electron chi connectivity index (χ0n) is 16.1. The van der Waals surface area contributed by atoms with Crippen LogP contribution in [0.5, 0.6) is 5.75 Å². The van der Waals surface area contributed by atoms with Crippen LogP contribution in [0.1, 0.15) is 28.4 Å². The first-order valence-electron chi connectivity index (χ1n) is 8.78. The number of hydrogen-bond acceptors (Lipinski definition) is 6. The molecule has 0 radical (unpaired) electrons. The molecule has 0 atom stereocenters. The van der Waals surface area contributed by atoms with Gasteiger partial charge >= 0.3 is 5.97 Å². The fourth-order valence-corrected chi connectivity index (χ4v) is 4.10. The first-order valence-corrected chi connectivity index (χ1v) is 10.2. The Bertz CT molecular complexity index is 1140. The summed E-state index contributed by atoms with van der Waals surface area (Å²) in [6.07, 6.45) is 2.85. The van der Waals surface area contributed by atoms with E-state index in [9.17, 15) is 18.3 Å². The summed E-state index contributed by atoms with van der Waals surface area (Å²) in [5.41, 5.74) is 2.72. The average molecular weight is 416 g/mol. The topological polar surface area (TPSA) is 110 Å². The first-order chi connectivity index (χ1) is 13.7. The molecule has 0 amide bonds. The normalized spacial score (nSPS) is 11.6. The van der Waals surface area contributed by atoms with Crippen LogP contribution in [0.25, 0.3) is 11.3 Å². The van der Waals surface area contributed by atoms with Crippen molar-refractivity contribution in [3.63, 3.8) is 0 Å². The predicted molar refractivity (Wildman–Crippen MR) is 105 cm³/mol. The molecule has 8 nitrogen and oxygen atoms in total. The Balaban J connectivity index is 1.90. The van der Waals surface area contributed by atoms with Gasteiger partial charge in [-0.3, -0.25) is 0 Å². The summed E-state index contributed by atoms with van der Waals surface area (Å²) in [4.78, 5) is 20.9. The third-order valence-corrected chi connectivity index (χ3v) is 6.10. The highest BCUT2D eigenvalue weighted by molar-refractivity contribution is 7.89. The average Bonchev–Trinajstić information content (AvgIpc) is 3.20. The van der Waals surface area contributed by atoms with E-state index in [0.717, 1.165) is 21.7 Å². The second-order valence-electron chi connectivity index (χ2n) is 6.35. The van der Waals surface area contributed by atoms with Gasteiger partial charge in [0.1, 0.15) is 17.7 Å². The number of carboxylic acids is 1. The summed E-state index contributed by atoms with van der Waals surface area (Å²) in [7, 11) is -4.07. The number of carbonyl (C=O) groups is 1. The molecular weight excluding hydrogens is 396 g/mol. The molecular formula is C20H20N2O6S. The largest absolute Gasteiger partial charge is 0.478 e. The number of sulfonamides is 1. The molecule has 9 heteroatoms. The van der Waals surface area contributed by atoms with Gasteiger partial charge in [-0.2, -0.15) is 0 Å². The summed E-state index contributed by atoms with van der Waals surface area (Å²) in [6, 6.07) is 9.05. The number of oxazole rings is 1. The van der Waals surface area contributed by atoms with E-state index < -0.39 is 16.0 Å².